The van der Waals surface area contributed by atoms with Gasteiger partial charge >= 0.3 is 0 Å². The average molecular weight is 374 g/mol. The number of sulfonamides is 1. The minimum Gasteiger partial charge on any atom is -0.356 e. The van der Waals surface area contributed by atoms with Gasteiger partial charge in [-0.15, -0.1) is 11.3 Å². The summed E-state index contributed by atoms with van der Waals surface area (Å²) in [4.78, 5) is 12.6. The maximum absolute atomic E-state index is 12.4. The zero-order valence-electron chi connectivity index (χ0n) is 14.3. The summed E-state index contributed by atoms with van der Waals surface area (Å²) in [5.41, 5.74) is 0. The molecule has 0 saturated carbocycles. The number of nitrogens with one attached hydrogen (secondary N) is 3. The van der Waals surface area contributed by atoms with E-state index >= 15 is 0 Å². The molecule has 0 radical (unpaired) electrons. The number of hydrogen-bond donors (Lipinski definition) is 3. The Morgan fingerprint density at radius 2 is 2.04 bits per heavy atom. The van der Waals surface area contributed by atoms with Crippen molar-refractivity contribution in [3.8, 4) is 0 Å². The fraction of sp³-hybridized carbons (Fsp3) is 0.688. The zero-order chi connectivity index (χ0) is 17.6. The highest BCUT2D eigenvalue weighted by molar-refractivity contribution is 7.91. The van der Waals surface area contributed by atoms with Gasteiger partial charge in [-0.1, -0.05) is 13.8 Å². The lowest BCUT2D eigenvalue weighted by Crippen LogP contribution is -2.42. The van der Waals surface area contributed by atoms with Gasteiger partial charge in [0.05, 0.1) is 0 Å². The second-order valence-corrected chi connectivity index (χ2v) is 9.67. The molecule has 0 atom stereocenters. The number of amides is 1. The van der Waals surface area contributed by atoms with Gasteiger partial charge in [0, 0.05) is 23.9 Å². The summed E-state index contributed by atoms with van der Waals surface area (Å²) in [5, 5.41) is 6.09. The fourth-order valence-electron chi connectivity index (χ4n) is 2.62. The molecule has 0 spiro atoms. The molecule has 24 heavy (non-hydrogen) atoms. The largest absolute Gasteiger partial charge is 0.356 e. The van der Waals surface area contributed by atoms with Crippen LogP contribution in [0.25, 0.3) is 0 Å². The second-order valence-electron chi connectivity index (χ2n) is 6.56. The van der Waals surface area contributed by atoms with Crippen LogP contribution in [0.3, 0.4) is 0 Å². The van der Waals surface area contributed by atoms with E-state index in [9.17, 15) is 13.2 Å². The normalized spacial score (nSPS) is 16.5. The molecule has 0 aromatic carbocycles. The number of rotatable bonds is 8. The van der Waals surface area contributed by atoms with E-state index in [1.54, 1.807) is 6.07 Å². The fourth-order valence-corrected chi connectivity index (χ4v) is 5.30. The highest BCUT2D eigenvalue weighted by Gasteiger charge is 2.23. The lowest BCUT2D eigenvalue weighted by molar-refractivity contribution is -0.121. The second kappa shape index (κ2) is 8.94. The Morgan fingerprint density at radius 3 is 2.71 bits per heavy atom. The molecule has 2 rings (SSSR count). The molecule has 1 aliphatic rings. The molecule has 6 nitrogen and oxygen atoms in total. The van der Waals surface area contributed by atoms with E-state index < -0.39 is 10.0 Å². The molecule has 8 heteroatoms. The van der Waals surface area contributed by atoms with Crippen LogP contribution >= 0.6 is 11.3 Å². The Morgan fingerprint density at radius 1 is 1.33 bits per heavy atom. The molecule has 3 N–H and O–H groups in total. The third-order valence-electron chi connectivity index (χ3n) is 3.85. The smallest absolute Gasteiger partial charge is 0.250 e. The lowest BCUT2D eigenvalue weighted by atomic mass is 10.1. The first-order chi connectivity index (χ1) is 11.4. The predicted molar refractivity (Wildman–Crippen MR) is 96.7 cm³/mol. The van der Waals surface area contributed by atoms with Crippen LogP contribution in [0.15, 0.2) is 16.3 Å². The van der Waals surface area contributed by atoms with E-state index in [-0.39, 0.29) is 11.9 Å². The highest BCUT2D eigenvalue weighted by atomic mass is 32.2. The van der Waals surface area contributed by atoms with Crippen LogP contribution in [-0.4, -0.2) is 40.0 Å². The van der Waals surface area contributed by atoms with Crippen molar-refractivity contribution in [1.29, 1.82) is 0 Å². The first-order valence-electron chi connectivity index (χ1n) is 8.45. The van der Waals surface area contributed by atoms with Crippen LogP contribution in [0.4, 0.5) is 0 Å². The minimum atomic E-state index is -3.44. The van der Waals surface area contributed by atoms with Gasteiger partial charge in [0.25, 0.3) is 0 Å². The average Bonchev–Trinajstić information content (AvgIpc) is 2.97. The van der Waals surface area contributed by atoms with E-state index in [0.717, 1.165) is 30.8 Å². The summed E-state index contributed by atoms with van der Waals surface area (Å²) in [5.74, 6) is 0.381. The predicted octanol–water partition coefficient (Wildman–Crippen LogP) is 1.48. The molecule has 1 aromatic rings. The van der Waals surface area contributed by atoms with Crippen LogP contribution in [0.5, 0.6) is 0 Å². The van der Waals surface area contributed by atoms with Crippen molar-refractivity contribution < 1.29 is 13.2 Å². The molecular formula is C16H27N3O3S2. The molecule has 1 saturated heterocycles. The summed E-state index contributed by atoms with van der Waals surface area (Å²) >= 11 is 1.28. The first-order valence-corrected chi connectivity index (χ1v) is 10.8. The Hall–Kier alpha value is -0.960. The van der Waals surface area contributed by atoms with Gasteiger partial charge in [-0.05, 0) is 50.4 Å². The van der Waals surface area contributed by atoms with Crippen molar-refractivity contribution in [3.05, 3.63) is 17.0 Å². The number of carbonyl (C=O) groups is 1. The van der Waals surface area contributed by atoms with Gasteiger partial charge in [-0.25, -0.2) is 13.1 Å². The monoisotopic (exact) mass is 373 g/mol. The first kappa shape index (κ1) is 19.4. The van der Waals surface area contributed by atoms with Crippen molar-refractivity contribution in [2.24, 2.45) is 5.92 Å². The molecule has 136 valence electrons. The summed E-state index contributed by atoms with van der Waals surface area (Å²) < 4.78 is 28.0. The Kier molecular flexibility index (Phi) is 7.21. The van der Waals surface area contributed by atoms with Crippen molar-refractivity contribution in [2.75, 3.05) is 19.6 Å². The maximum Gasteiger partial charge on any atom is 0.250 e. The highest BCUT2D eigenvalue weighted by Crippen LogP contribution is 2.22. The van der Waals surface area contributed by atoms with Crippen LogP contribution in [-0.2, 0) is 21.2 Å². The van der Waals surface area contributed by atoms with Crippen LogP contribution < -0.4 is 15.4 Å². The van der Waals surface area contributed by atoms with Crippen molar-refractivity contribution in [1.82, 2.24) is 15.4 Å². The number of thiophene rings is 1. The van der Waals surface area contributed by atoms with E-state index in [1.165, 1.54) is 11.3 Å². The van der Waals surface area contributed by atoms with Crippen LogP contribution in [0.2, 0.25) is 0 Å². The Balaban J connectivity index is 1.84. The number of carbonyl (C=O) groups excluding carboxylic acids is 1. The van der Waals surface area contributed by atoms with Crippen LogP contribution in [0, 0.1) is 5.92 Å². The van der Waals surface area contributed by atoms with Gasteiger partial charge in [0.2, 0.25) is 15.9 Å². The molecule has 0 aliphatic carbocycles. The summed E-state index contributed by atoms with van der Waals surface area (Å²) in [7, 11) is -3.44. The van der Waals surface area contributed by atoms with Crippen molar-refractivity contribution >= 4 is 27.3 Å². The molecular weight excluding hydrogens is 346 g/mol. The van der Waals surface area contributed by atoms with Gasteiger partial charge in [0.15, 0.2) is 0 Å². The quantitative estimate of drug-likeness (QED) is 0.644. The summed E-state index contributed by atoms with van der Waals surface area (Å²) in [6.45, 7) is 6.24. The van der Waals surface area contributed by atoms with E-state index in [2.05, 4.69) is 15.4 Å². The minimum absolute atomic E-state index is 0.0112. The molecule has 1 fully saturated rings. The van der Waals surface area contributed by atoms with Crippen molar-refractivity contribution in [3.63, 3.8) is 0 Å². The molecule has 0 unspecified atom stereocenters. The molecule has 2 heterocycles. The molecule has 0 bridgehead atoms. The topological polar surface area (TPSA) is 87.3 Å². The Labute approximate surface area is 148 Å². The summed E-state index contributed by atoms with van der Waals surface area (Å²) in [6.07, 6.45) is 2.81. The SMILES string of the molecule is CC(C)CC(=O)NCCc1ccc(S(=O)(=O)NC2CCNCC2)s1. The van der Waals surface area contributed by atoms with Gasteiger partial charge in [-0.2, -0.15) is 0 Å². The van der Waals surface area contributed by atoms with Gasteiger partial charge < -0.3 is 10.6 Å². The van der Waals surface area contributed by atoms with E-state index in [0.29, 0.717) is 29.5 Å². The number of piperidine rings is 1. The number of hydrogen-bond acceptors (Lipinski definition) is 5. The summed E-state index contributed by atoms with van der Waals surface area (Å²) in [6, 6.07) is 3.49. The molecule has 1 aliphatic heterocycles. The van der Waals surface area contributed by atoms with Gasteiger partial charge in [0.1, 0.15) is 4.21 Å². The van der Waals surface area contributed by atoms with Crippen LogP contribution in [0.1, 0.15) is 38.0 Å². The van der Waals surface area contributed by atoms with Gasteiger partial charge in [-0.3, -0.25) is 4.79 Å². The standard InChI is InChI=1S/C16H27N3O3S2/c1-12(2)11-15(20)18-10-7-14-3-4-16(23-14)24(21,22)19-13-5-8-17-9-6-13/h3-4,12-13,17,19H,5-11H2,1-2H3,(H,18,20). The van der Waals surface area contributed by atoms with E-state index in [4.69, 9.17) is 0 Å². The Bertz CT molecular complexity index is 635. The third-order valence-corrected chi connectivity index (χ3v) is 7.01. The zero-order valence-corrected chi connectivity index (χ0v) is 15.9. The lowest BCUT2D eigenvalue weighted by Gasteiger charge is -2.23. The molecule has 1 amide bonds. The molecule has 1 aromatic heterocycles. The maximum atomic E-state index is 12.4. The van der Waals surface area contributed by atoms with Crippen molar-refractivity contribution in [2.45, 2.75) is 49.8 Å². The third kappa shape index (κ3) is 6.16. The van der Waals surface area contributed by atoms with E-state index in [1.807, 2.05) is 19.9 Å².